The summed E-state index contributed by atoms with van der Waals surface area (Å²) in [6.07, 6.45) is 8.37. The molecule has 1 unspecified atom stereocenters. The Balaban J connectivity index is 1.34. The van der Waals surface area contributed by atoms with Gasteiger partial charge in [0.1, 0.15) is 11.9 Å². The van der Waals surface area contributed by atoms with Crippen LogP contribution in [0.25, 0.3) is 0 Å². The number of likely N-dealkylation sites (tertiary alicyclic amines) is 1. The molecule has 2 amide bonds. The third kappa shape index (κ3) is 3.08. The van der Waals surface area contributed by atoms with Crippen molar-refractivity contribution in [2.75, 3.05) is 11.9 Å². The first-order chi connectivity index (χ1) is 13.4. The Kier molecular flexibility index (Phi) is 4.53. The number of rotatable bonds is 3. The first-order valence-electron chi connectivity index (χ1n) is 10.5. The molecule has 5 fully saturated rings. The van der Waals surface area contributed by atoms with Gasteiger partial charge in [-0.05, 0) is 87.3 Å². The molecule has 150 valence electrons. The van der Waals surface area contributed by atoms with Crippen molar-refractivity contribution in [2.24, 2.45) is 23.2 Å². The average molecular weight is 449 g/mol. The Bertz CT molecular complexity index is 791. The summed E-state index contributed by atoms with van der Waals surface area (Å²) in [5.74, 6) is 1.54. The third-order valence-electron chi connectivity index (χ3n) is 7.50. The van der Waals surface area contributed by atoms with Crippen molar-refractivity contribution in [2.45, 2.75) is 57.4 Å². The maximum absolute atomic E-state index is 14.1. The molecule has 1 aromatic rings. The van der Waals surface area contributed by atoms with Crippen LogP contribution in [0.1, 0.15) is 51.4 Å². The van der Waals surface area contributed by atoms with Gasteiger partial charge in [0.2, 0.25) is 11.8 Å². The molecule has 1 aliphatic heterocycles. The Morgan fingerprint density at radius 1 is 1.11 bits per heavy atom. The second-order valence-corrected chi connectivity index (χ2v) is 10.4. The summed E-state index contributed by atoms with van der Waals surface area (Å²) < 4.78 is 14.8. The first-order valence-corrected chi connectivity index (χ1v) is 11.3. The number of hydrogen-bond acceptors (Lipinski definition) is 2. The van der Waals surface area contributed by atoms with Crippen molar-refractivity contribution in [3.8, 4) is 0 Å². The third-order valence-corrected chi connectivity index (χ3v) is 7.99. The lowest BCUT2D eigenvalue weighted by Gasteiger charge is -2.56. The number of carbonyl (C=O) groups is 2. The molecular formula is C22H26BrFN2O2. The van der Waals surface area contributed by atoms with Gasteiger partial charge in [-0.25, -0.2) is 4.39 Å². The number of anilines is 1. The number of amides is 2. The molecule has 1 N–H and O–H groups in total. The van der Waals surface area contributed by atoms with Gasteiger partial charge < -0.3 is 10.2 Å². The quantitative estimate of drug-likeness (QED) is 0.725. The second-order valence-electron chi connectivity index (χ2n) is 9.47. The Hall–Kier alpha value is -1.43. The van der Waals surface area contributed by atoms with E-state index in [1.807, 2.05) is 4.90 Å². The fraction of sp³-hybridized carbons (Fsp3) is 0.636. The molecule has 4 saturated carbocycles. The standard InChI is InChI=1S/C22H26BrFN2O2/c23-16-3-4-18(17(24)9-16)25-20(27)19-2-1-5-26(19)21(28)22-10-13-6-14(11-22)8-15(7-13)12-22/h3-4,9,13-15,19H,1-2,5-8,10-12H2,(H,25,27). The van der Waals surface area contributed by atoms with Crippen LogP contribution in [0.2, 0.25) is 0 Å². The highest BCUT2D eigenvalue weighted by molar-refractivity contribution is 9.10. The summed E-state index contributed by atoms with van der Waals surface area (Å²) >= 11 is 3.23. The molecule has 6 rings (SSSR count). The van der Waals surface area contributed by atoms with Crippen molar-refractivity contribution < 1.29 is 14.0 Å². The van der Waals surface area contributed by atoms with Crippen LogP contribution in [-0.2, 0) is 9.59 Å². The molecule has 1 saturated heterocycles. The van der Waals surface area contributed by atoms with Crippen LogP contribution in [0.5, 0.6) is 0 Å². The number of hydrogen-bond donors (Lipinski definition) is 1. The van der Waals surface area contributed by atoms with Crippen LogP contribution in [0.3, 0.4) is 0 Å². The molecule has 4 aliphatic carbocycles. The first kappa shape index (κ1) is 18.6. The summed E-state index contributed by atoms with van der Waals surface area (Å²) in [7, 11) is 0. The smallest absolute Gasteiger partial charge is 0.247 e. The minimum atomic E-state index is -0.483. The summed E-state index contributed by atoms with van der Waals surface area (Å²) in [6.45, 7) is 0.640. The largest absolute Gasteiger partial charge is 0.330 e. The summed E-state index contributed by atoms with van der Waals surface area (Å²) in [6, 6.07) is 4.11. The molecule has 0 spiro atoms. The van der Waals surface area contributed by atoms with Crippen molar-refractivity contribution >= 4 is 33.4 Å². The summed E-state index contributed by atoms with van der Waals surface area (Å²) in [5, 5.41) is 2.71. The van der Waals surface area contributed by atoms with E-state index >= 15 is 0 Å². The predicted molar refractivity (Wildman–Crippen MR) is 108 cm³/mol. The molecule has 1 heterocycles. The molecule has 0 radical (unpaired) electrons. The Labute approximate surface area is 173 Å². The highest BCUT2D eigenvalue weighted by atomic mass is 79.9. The fourth-order valence-electron chi connectivity index (χ4n) is 6.77. The van der Waals surface area contributed by atoms with Gasteiger partial charge in [0.05, 0.1) is 11.1 Å². The lowest BCUT2D eigenvalue weighted by molar-refractivity contribution is -0.160. The van der Waals surface area contributed by atoms with E-state index in [-0.39, 0.29) is 22.9 Å². The van der Waals surface area contributed by atoms with E-state index in [9.17, 15) is 14.0 Å². The number of halogens is 2. The normalized spacial score (nSPS) is 36.0. The molecule has 5 aliphatic rings. The van der Waals surface area contributed by atoms with Crippen LogP contribution in [-0.4, -0.2) is 29.3 Å². The topological polar surface area (TPSA) is 49.4 Å². The van der Waals surface area contributed by atoms with Gasteiger partial charge in [0.15, 0.2) is 0 Å². The van der Waals surface area contributed by atoms with Gasteiger partial charge in [-0.2, -0.15) is 0 Å². The molecular weight excluding hydrogens is 423 g/mol. The molecule has 6 heteroatoms. The maximum Gasteiger partial charge on any atom is 0.247 e. The number of nitrogens with zero attached hydrogens (tertiary/aromatic N) is 1. The second kappa shape index (κ2) is 6.82. The molecule has 0 aromatic heterocycles. The predicted octanol–water partition coefficient (Wildman–Crippen LogP) is 4.73. The van der Waals surface area contributed by atoms with Crippen LogP contribution in [0.15, 0.2) is 22.7 Å². The highest BCUT2D eigenvalue weighted by Crippen LogP contribution is 2.60. The number of benzene rings is 1. The lowest BCUT2D eigenvalue weighted by Crippen LogP contribution is -2.56. The van der Waals surface area contributed by atoms with Crippen LogP contribution in [0, 0.1) is 29.0 Å². The zero-order valence-corrected chi connectivity index (χ0v) is 17.5. The minimum Gasteiger partial charge on any atom is -0.330 e. The van der Waals surface area contributed by atoms with Gasteiger partial charge >= 0.3 is 0 Å². The average Bonchev–Trinajstić information content (AvgIpc) is 3.12. The Morgan fingerprint density at radius 2 is 1.75 bits per heavy atom. The van der Waals surface area contributed by atoms with E-state index in [0.717, 1.165) is 25.7 Å². The van der Waals surface area contributed by atoms with Crippen molar-refractivity contribution in [1.82, 2.24) is 4.90 Å². The van der Waals surface area contributed by atoms with Gasteiger partial charge in [0, 0.05) is 11.0 Å². The molecule has 4 nitrogen and oxygen atoms in total. The van der Waals surface area contributed by atoms with Gasteiger partial charge in [-0.1, -0.05) is 15.9 Å². The summed E-state index contributed by atoms with van der Waals surface area (Å²) in [4.78, 5) is 28.4. The van der Waals surface area contributed by atoms with Gasteiger partial charge in [0.25, 0.3) is 0 Å². The molecule has 28 heavy (non-hydrogen) atoms. The van der Waals surface area contributed by atoms with Crippen LogP contribution >= 0.6 is 15.9 Å². The van der Waals surface area contributed by atoms with E-state index in [4.69, 9.17) is 0 Å². The van der Waals surface area contributed by atoms with Crippen molar-refractivity contribution in [3.05, 3.63) is 28.5 Å². The van der Waals surface area contributed by atoms with E-state index in [1.165, 1.54) is 25.3 Å². The summed E-state index contributed by atoms with van der Waals surface area (Å²) in [5.41, 5.74) is -0.0668. The van der Waals surface area contributed by atoms with Gasteiger partial charge in [-0.15, -0.1) is 0 Å². The molecule has 1 atom stereocenters. The van der Waals surface area contributed by atoms with Crippen LogP contribution in [0.4, 0.5) is 10.1 Å². The zero-order valence-electron chi connectivity index (χ0n) is 15.9. The van der Waals surface area contributed by atoms with E-state index in [1.54, 1.807) is 12.1 Å². The number of carbonyl (C=O) groups excluding carboxylic acids is 2. The van der Waals surface area contributed by atoms with Crippen LogP contribution < -0.4 is 5.32 Å². The monoisotopic (exact) mass is 448 g/mol. The fourth-order valence-corrected chi connectivity index (χ4v) is 7.10. The number of nitrogens with one attached hydrogen (secondary N) is 1. The van der Waals surface area contributed by atoms with Crippen molar-refractivity contribution in [1.29, 1.82) is 0 Å². The SMILES string of the molecule is O=C(Nc1ccc(Br)cc1F)C1CCCN1C(=O)C12CC3CC(CC(C3)C1)C2. The molecule has 1 aromatic carbocycles. The van der Waals surface area contributed by atoms with Crippen molar-refractivity contribution in [3.63, 3.8) is 0 Å². The maximum atomic E-state index is 14.1. The van der Waals surface area contributed by atoms with E-state index in [2.05, 4.69) is 21.2 Å². The van der Waals surface area contributed by atoms with E-state index in [0.29, 0.717) is 35.2 Å². The zero-order chi connectivity index (χ0) is 19.5. The molecule has 4 bridgehead atoms. The minimum absolute atomic E-state index is 0.169. The Morgan fingerprint density at radius 3 is 2.36 bits per heavy atom. The van der Waals surface area contributed by atoms with E-state index < -0.39 is 11.9 Å². The highest BCUT2D eigenvalue weighted by Gasteiger charge is 2.56. The van der Waals surface area contributed by atoms with Gasteiger partial charge in [-0.3, -0.25) is 9.59 Å². The lowest BCUT2D eigenvalue weighted by atomic mass is 9.49.